The van der Waals surface area contributed by atoms with E-state index >= 15 is 0 Å². The maximum absolute atomic E-state index is 4.59. The van der Waals surface area contributed by atoms with E-state index in [0.29, 0.717) is 5.95 Å². The summed E-state index contributed by atoms with van der Waals surface area (Å²) < 4.78 is 0. The van der Waals surface area contributed by atoms with Crippen LogP contribution in [0.2, 0.25) is 0 Å². The van der Waals surface area contributed by atoms with Gasteiger partial charge < -0.3 is 10.6 Å². The normalized spacial score (nSPS) is 10.5. The first-order chi connectivity index (χ1) is 12.1. The topological polar surface area (TPSA) is 49.8 Å². The van der Waals surface area contributed by atoms with Crippen molar-refractivity contribution in [2.75, 3.05) is 17.2 Å². The van der Waals surface area contributed by atoms with Crippen molar-refractivity contribution in [3.63, 3.8) is 0 Å². The highest BCUT2D eigenvalue weighted by Gasteiger charge is 2.05. The van der Waals surface area contributed by atoms with Crippen LogP contribution < -0.4 is 10.6 Å². The van der Waals surface area contributed by atoms with Crippen molar-refractivity contribution in [3.8, 4) is 0 Å². The lowest BCUT2D eigenvalue weighted by molar-refractivity contribution is 0.994. The molecule has 1 heterocycles. The van der Waals surface area contributed by atoms with Crippen LogP contribution in [-0.4, -0.2) is 16.5 Å². The smallest absolute Gasteiger partial charge is 0.229 e. The fourth-order valence-electron chi connectivity index (χ4n) is 2.77. The van der Waals surface area contributed by atoms with E-state index in [-0.39, 0.29) is 0 Å². The predicted molar refractivity (Wildman–Crippen MR) is 105 cm³/mol. The van der Waals surface area contributed by atoms with Gasteiger partial charge in [-0.15, -0.1) is 0 Å². The Morgan fingerprint density at radius 2 is 1.68 bits per heavy atom. The summed E-state index contributed by atoms with van der Waals surface area (Å²) >= 11 is 0. The van der Waals surface area contributed by atoms with E-state index in [1.807, 2.05) is 19.1 Å². The summed E-state index contributed by atoms with van der Waals surface area (Å²) in [6, 6.07) is 18.7. The van der Waals surface area contributed by atoms with Crippen molar-refractivity contribution in [2.24, 2.45) is 0 Å². The minimum absolute atomic E-state index is 0.620. The highest BCUT2D eigenvalue weighted by atomic mass is 15.1. The van der Waals surface area contributed by atoms with Gasteiger partial charge in [-0.05, 0) is 44.4 Å². The Balaban J connectivity index is 1.67. The molecule has 128 valence electrons. The van der Waals surface area contributed by atoms with Crippen molar-refractivity contribution >= 4 is 17.5 Å². The third-order valence-corrected chi connectivity index (χ3v) is 4.05. The van der Waals surface area contributed by atoms with E-state index in [1.54, 1.807) is 0 Å². The highest BCUT2D eigenvalue weighted by molar-refractivity contribution is 5.60. The Kier molecular flexibility index (Phi) is 5.29. The SMILES string of the molecule is Cc1ccc(Nc2nc(C)cc(NCCc3ccccc3)n2)c(C)c1. The average molecular weight is 332 g/mol. The van der Waals surface area contributed by atoms with Crippen LogP contribution in [0.3, 0.4) is 0 Å². The van der Waals surface area contributed by atoms with Gasteiger partial charge in [-0.3, -0.25) is 0 Å². The molecule has 3 aromatic rings. The van der Waals surface area contributed by atoms with Gasteiger partial charge >= 0.3 is 0 Å². The monoisotopic (exact) mass is 332 g/mol. The summed E-state index contributed by atoms with van der Waals surface area (Å²) in [4.78, 5) is 9.09. The summed E-state index contributed by atoms with van der Waals surface area (Å²) in [6.07, 6.45) is 0.962. The van der Waals surface area contributed by atoms with Gasteiger partial charge in [0.15, 0.2) is 0 Å². The molecule has 0 spiro atoms. The molecule has 2 N–H and O–H groups in total. The molecule has 2 aromatic carbocycles. The first-order valence-corrected chi connectivity index (χ1v) is 8.58. The van der Waals surface area contributed by atoms with Gasteiger partial charge in [0, 0.05) is 24.0 Å². The van der Waals surface area contributed by atoms with Gasteiger partial charge in [0.1, 0.15) is 5.82 Å². The van der Waals surface area contributed by atoms with Crippen molar-refractivity contribution in [1.82, 2.24) is 9.97 Å². The van der Waals surface area contributed by atoms with Gasteiger partial charge in [0.2, 0.25) is 5.95 Å². The van der Waals surface area contributed by atoms with Gasteiger partial charge in [-0.1, -0.05) is 48.0 Å². The van der Waals surface area contributed by atoms with Gasteiger partial charge in [0.25, 0.3) is 0 Å². The molecule has 1 aromatic heterocycles. The molecule has 25 heavy (non-hydrogen) atoms. The standard InChI is InChI=1S/C21H24N4/c1-15-9-10-19(16(2)13-15)24-21-23-17(3)14-20(25-21)22-12-11-18-7-5-4-6-8-18/h4-10,13-14H,11-12H2,1-3H3,(H2,22,23,24,25). The molecule has 0 radical (unpaired) electrons. The van der Waals surface area contributed by atoms with E-state index in [0.717, 1.165) is 30.2 Å². The molecule has 0 atom stereocenters. The lowest BCUT2D eigenvalue weighted by atomic mass is 10.1. The van der Waals surface area contributed by atoms with Crippen LogP contribution in [0.25, 0.3) is 0 Å². The molecule has 0 aliphatic rings. The number of anilines is 3. The number of aryl methyl sites for hydroxylation is 3. The number of rotatable bonds is 6. The Bertz CT molecular complexity index is 844. The first-order valence-electron chi connectivity index (χ1n) is 8.58. The quantitative estimate of drug-likeness (QED) is 0.681. The molecular weight excluding hydrogens is 308 g/mol. The van der Waals surface area contributed by atoms with Crippen LogP contribution in [0, 0.1) is 20.8 Å². The highest BCUT2D eigenvalue weighted by Crippen LogP contribution is 2.20. The fraction of sp³-hybridized carbons (Fsp3) is 0.238. The first kappa shape index (κ1) is 17.0. The minimum atomic E-state index is 0.620. The number of aromatic nitrogens is 2. The Labute approximate surface area is 149 Å². The average Bonchev–Trinajstić information content (AvgIpc) is 2.58. The lowest BCUT2D eigenvalue weighted by Crippen LogP contribution is -2.09. The third kappa shape index (κ3) is 4.80. The second kappa shape index (κ2) is 7.79. The van der Waals surface area contributed by atoms with Gasteiger partial charge in [-0.25, -0.2) is 4.98 Å². The second-order valence-electron chi connectivity index (χ2n) is 6.32. The number of benzene rings is 2. The Morgan fingerprint density at radius 1 is 0.880 bits per heavy atom. The Hall–Kier alpha value is -2.88. The van der Waals surface area contributed by atoms with Crippen LogP contribution in [0.15, 0.2) is 54.6 Å². The molecule has 0 aliphatic carbocycles. The van der Waals surface area contributed by atoms with E-state index in [1.165, 1.54) is 16.7 Å². The van der Waals surface area contributed by atoms with Crippen molar-refractivity contribution < 1.29 is 0 Å². The molecule has 0 amide bonds. The fourth-order valence-corrected chi connectivity index (χ4v) is 2.77. The maximum Gasteiger partial charge on any atom is 0.229 e. The molecular formula is C21H24N4. The summed E-state index contributed by atoms with van der Waals surface area (Å²) in [5.74, 6) is 1.46. The zero-order valence-corrected chi connectivity index (χ0v) is 15.0. The number of hydrogen-bond acceptors (Lipinski definition) is 4. The molecule has 0 saturated carbocycles. The number of nitrogens with zero attached hydrogens (tertiary/aromatic N) is 2. The molecule has 0 unspecified atom stereocenters. The predicted octanol–water partition coefficient (Wildman–Crippen LogP) is 4.80. The van der Waals surface area contributed by atoms with Crippen LogP contribution in [0.4, 0.5) is 17.5 Å². The van der Waals surface area contributed by atoms with Crippen molar-refractivity contribution in [1.29, 1.82) is 0 Å². The summed E-state index contributed by atoms with van der Waals surface area (Å²) in [7, 11) is 0. The number of nitrogens with one attached hydrogen (secondary N) is 2. The Morgan fingerprint density at radius 3 is 2.44 bits per heavy atom. The zero-order valence-electron chi connectivity index (χ0n) is 15.0. The zero-order chi connectivity index (χ0) is 17.6. The number of hydrogen-bond donors (Lipinski definition) is 2. The van der Waals surface area contributed by atoms with Gasteiger partial charge in [0.05, 0.1) is 0 Å². The van der Waals surface area contributed by atoms with Crippen molar-refractivity contribution in [3.05, 3.63) is 77.0 Å². The van der Waals surface area contributed by atoms with E-state index in [2.05, 4.69) is 76.9 Å². The van der Waals surface area contributed by atoms with Crippen LogP contribution >= 0.6 is 0 Å². The van der Waals surface area contributed by atoms with Crippen LogP contribution in [0.5, 0.6) is 0 Å². The second-order valence-corrected chi connectivity index (χ2v) is 6.32. The molecule has 4 nitrogen and oxygen atoms in total. The largest absolute Gasteiger partial charge is 0.370 e. The summed E-state index contributed by atoms with van der Waals surface area (Å²) in [5.41, 5.74) is 5.71. The third-order valence-electron chi connectivity index (χ3n) is 4.05. The molecule has 4 heteroatoms. The summed E-state index contributed by atoms with van der Waals surface area (Å²) in [5, 5.41) is 6.72. The lowest BCUT2D eigenvalue weighted by Gasteiger charge is -2.12. The minimum Gasteiger partial charge on any atom is -0.370 e. The van der Waals surface area contributed by atoms with Gasteiger partial charge in [-0.2, -0.15) is 4.98 Å². The van der Waals surface area contributed by atoms with Crippen LogP contribution in [-0.2, 0) is 6.42 Å². The molecule has 0 bridgehead atoms. The van der Waals surface area contributed by atoms with E-state index < -0.39 is 0 Å². The molecule has 0 fully saturated rings. The van der Waals surface area contributed by atoms with E-state index in [4.69, 9.17) is 0 Å². The molecule has 0 saturated heterocycles. The maximum atomic E-state index is 4.59. The van der Waals surface area contributed by atoms with Crippen molar-refractivity contribution in [2.45, 2.75) is 27.2 Å². The van der Waals surface area contributed by atoms with E-state index in [9.17, 15) is 0 Å². The molecule has 0 aliphatic heterocycles. The summed E-state index contributed by atoms with van der Waals surface area (Å²) in [6.45, 7) is 7.00. The van der Waals surface area contributed by atoms with Crippen LogP contribution in [0.1, 0.15) is 22.4 Å². The molecule has 3 rings (SSSR count).